The molecule has 5 nitrogen and oxygen atoms in total. The molecule has 114 valence electrons. The van der Waals surface area contributed by atoms with E-state index in [1.165, 1.54) is 4.88 Å². The third-order valence-electron chi connectivity index (χ3n) is 3.08. The Morgan fingerprint density at radius 1 is 1.19 bits per heavy atom. The third kappa shape index (κ3) is 4.75. The zero-order valence-corrected chi connectivity index (χ0v) is 14.2. The molecule has 0 aliphatic rings. The topological polar surface area (TPSA) is 53.9 Å². The van der Waals surface area contributed by atoms with E-state index < -0.39 is 0 Å². The van der Waals surface area contributed by atoms with Gasteiger partial charge in [-0.3, -0.25) is 0 Å². The van der Waals surface area contributed by atoms with Crippen molar-refractivity contribution >= 4 is 17.3 Å². The third-order valence-corrected chi connectivity index (χ3v) is 4.00. The van der Waals surface area contributed by atoms with Crippen LogP contribution < -0.4 is 10.2 Å². The van der Waals surface area contributed by atoms with Crippen molar-refractivity contribution in [1.29, 1.82) is 0 Å². The molecule has 0 saturated heterocycles. The minimum absolute atomic E-state index is 0.0964. The molecule has 2 aromatic heterocycles. The predicted molar refractivity (Wildman–Crippen MR) is 87.6 cm³/mol. The molecule has 21 heavy (non-hydrogen) atoms. The SMILES string of the molecule is Cc1ncsc1CN(C)c1ncc(CNC(C)(C)C)cn1. The lowest BCUT2D eigenvalue weighted by atomic mass is 10.1. The molecule has 0 bridgehead atoms. The van der Waals surface area contributed by atoms with Gasteiger partial charge in [-0.1, -0.05) is 0 Å². The molecule has 6 heteroatoms. The Bertz CT molecular complexity index is 570. The van der Waals surface area contributed by atoms with Crippen LogP contribution in [0, 0.1) is 6.92 Å². The van der Waals surface area contributed by atoms with Gasteiger partial charge in [0.2, 0.25) is 5.95 Å². The number of thiazole rings is 1. The monoisotopic (exact) mass is 305 g/mol. The molecular formula is C15H23N5S. The zero-order valence-electron chi connectivity index (χ0n) is 13.3. The highest BCUT2D eigenvalue weighted by atomic mass is 32.1. The molecule has 0 atom stereocenters. The number of nitrogens with one attached hydrogen (secondary N) is 1. The predicted octanol–water partition coefficient (Wildman–Crippen LogP) is 2.77. The van der Waals surface area contributed by atoms with Crippen LogP contribution in [0.5, 0.6) is 0 Å². The second-order valence-electron chi connectivity index (χ2n) is 6.21. The highest BCUT2D eigenvalue weighted by Crippen LogP contribution is 2.16. The average molecular weight is 305 g/mol. The zero-order chi connectivity index (χ0) is 15.5. The number of aromatic nitrogens is 3. The number of hydrogen-bond acceptors (Lipinski definition) is 6. The van der Waals surface area contributed by atoms with E-state index in [4.69, 9.17) is 0 Å². The van der Waals surface area contributed by atoms with Crippen LogP contribution >= 0.6 is 11.3 Å². The van der Waals surface area contributed by atoms with Gasteiger partial charge in [0.25, 0.3) is 0 Å². The molecule has 1 N–H and O–H groups in total. The van der Waals surface area contributed by atoms with Gasteiger partial charge in [-0.15, -0.1) is 11.3 Å². The van der Waals surface area contributed by atoms with Crippen molar-refractivity contribution < 1.29 is 0 Å². The van der Waals surface area contributed by atoms with Gasteiger partial charge >= 0.3 is 0 Å². The lowest BCUT2D eigenvalue weighted by Gasteiger charge is -2.20. The van der Waals surface area contributed by atoms with E-state index >= 15 is 0 Å². The summed E-state index contributed by atoms with van der Waals surface area (Å²) in [6.45, 7) is 10.0. The van der Waals surface area contributed by atoms with Gasteiger partial charge in [0, 0.05) is 42.0 Å². The van der Waals surface area contributed by atoms with Crippen LogP contribution in [0.1, 0.15) is 36.9 Å². The molecule has 0 amide bonds. The summed E-state index contributed by atoms with van der Waals surface area (Å²) in [5.41, 5.74) is 4.15. The van der Waals surface area contributed by atoms with Crippen LogP contribution in [-0.4, -0.2) is 27.5 Å². The second kappa shape index (κ2) is 6.49. The fourth-order valence-electron chi connectivity index (χ4n) is 1.77. The largest absolute Gasteiger partial charge is 0.339 e. The maximum Gasteiger partial charge on any atom is 0.225 e. The summed E-state index contributed by atoms with van der Waals surface area (Å²) in [6.07, 6.45) is 3.77. The molecule has 2 rings (SSSR count). The van der Waals surface area contributed by atoms with Crippen molar-refractivity contribution in [3.05, 3.63) is 34.0 Å². The lowest BCUT2D eigenvalue weighted by molar-refractivity contribution is 0.423. The Morgan fingerprint density at radius 2 is 1.86 bits per heavy atom. The smallest absolute Gasteiger partial charge is 0.225 e. The van der Waals surface area contributed by atoms with Gasteiger partial charge in [0.05, 0.1) is 17.7 Å². The minimum atomic E-state index is 0.0964. The van der Waals surface area contributed by atoms with Gasteiger partial charge in [0.15, 0.2) is 0 Å². The van der Waals surface area contributed by atoms with Crippen molar-refractivity contribution in [3.8, 4) is 0 Å². The fourth-order valence-corrected chi connectivity index (χ4v) is 2.60. The molecule has 0 unspecified atom stereocenters. The van der Waals surface area contributed by atoms with E-state index in [9.17, 15) is 0 Å². The van der Waals surface area contributed by atoms with Crippen molar-refractivity contribution in [2.45, 2.75) is 46.3 Å². The van der Waals surface area contributed by atoms with Crippen molar-refractivity contribution in [2.75, 3.05) is 11.9 Å². The van der Waals surface area contributed by atoms with Gasteiger partial charge < -0.3 is 10.2 Å². The summed E-state index contributed by atoms with van der Waals surface area (Å²) in [5.74, 6) is 0.738. The summed E-state index contributed by atoms with van der Waals surface area (Å²) < 4.78 is 0. The molecule has 0 radical (unpaired) electrons. The molecule has 0 fully saturated rings. The number of hydrogen-bond donors (Lipinski definition) is 1. The Kier molecular flexibility index (Phi) is 4.90. The Morgan fingerprint density at radius 3 is 2.38 bits per heavy atom. The molecule has 0 saturated carbocycles. The van der Waals surface area contributed by atoms with Crippen LogP contribution in [0.15, 0.2) is 17.9 Å². The first-order valence-electron chi connectivity index (χ1n) is 7.01. The maximum absolute atomic E-state index is 4.45. The Hall–Kier alpha value is -1.53. The molecule has 0 aliphatic heterocycles. The highest BCUT2D eigenvalue weighted by Gasteiger charge is 2.11. The van der Waals surface area contributed by atoms with Gasteiger partial charge in [0.1, 0.15) is 0 Å². The van der Waals surface area contributed by atoms with Crippen molar-refractivity contribution in [2.24, 2.45) is 0 Å². The number of anilines is 1. The standard InChI is InChI=1S/C15H23N5S/c1-11-13(21-10-18-11)9-20(5)14-16-6-12(7-17-14)8-19-15(2,3)4/h6-7,10,19H,8-9H2,1-5H3. The Labute approximate surface area is 130 Å². The highest BCUT2D eigenvalue weighted by molar-refractivity contribution is 7.09. The number of rotatable bonds is 5. The number of nitrogens with zero attached hydrogens (tertiary/aromatic N) is 4. The molecule has 0 spiro atoms. The molecule has 2 aromatic rings. The van der Waals surface area contributed by atoms with Crippen molar-refractivity contribution in [3.63, 3.8) is 0 Å². The van der Waals surface area contributed by atoms with Crippen LogP contribution in [0.2, 0.25) is 0 Å². The van der Waals surface area contributed by atoms with Crippen LogP contribution in [-0.2, 0) is 13.1 Å². The molecule has 2 heterocycles. The van der Waals surface area contributed by atoms with Crippen molar-refractivity contribution in [1.82, 2.24) is 20.3 Å². The van der Waals surface area contributed by atoms with E-state index in [0.29, 0.717) is 0 Å². The van der Waals surface area contributed by atoms with E-state index in [1.807, 2.05) is 36.8 Å². The van der Waals surface area contributed by atoms with Gasteiger partial charge in [-0.25, -0.2) is 15.0 Å². The fraction of sp³-hybridized carbons (Fsp3) is 0.533. The summed E-state index contributed by atoms with van der Waals surface area (Å²) in [7, 11) is 2.00. The first-order chi connectivity index (χ1) is 9.85. The van der Waals surface area contributed by atoms with Gasteiger partial charge in [-0.05, 0) is 27.7 Å². The van der Waals surface area contributed by atoms with Crippen LogP contribution in [0.4, 0.5) is 5.95 Å². The Balaban J connectivity index is 1.96. The van der Waals surface area contributed by atoms with E-state index in [0.717, 1.165) is 30.3 Å². The summed E-state index contributed by atoms with van der Waals surface area (Å²) in [6, 6.07) is 0. The second-order valence-corrected chi connectivity index (χ2v) is 7.15. The first kappa shape index (κ1) is 15.9. The maximum atomic E-state index is 4.45. The van der Waals surface area contributed by atoms with E-state index in [2.05, 4.69) is 41.0 Å². The van der Waals surface area contributed by atoms with E-state index in [-0.39, 0.29) is 5.54 Å². The summed E-state index contributed by atoms with van der Waals surface area (Å²) in [4.78, 5) is 16.5. The van der Waals surface area contributed by atoms with E-state index in [1.54, 1.807) is 11.3 Å². The lowest BCUT2D eigenvalue weighted by Crippen LogP contribution is -2.35. The summed E-state index contributed by atoms with van der Waals surface area (Å²) >= 11 is 1.67. The molecular weight excluding hydrogens is 282 g/mol. The quantitative estimate of drug-likeness (QED) is 0.920. The van der Waals surface area contributed by atoms with Crippen LogP contribution in [0.25, 0.3) is 0 Å². The molecule has 0 aliphatic carbocycles. The van der Waals surface area contributed by atoms with Crippen LogP contribution in [0.3, 0.4) is 0 Å². The molecule has 0 aromatic carbocycles. The normalized spacial score (nSPS) is 11.7. The van der Waals surface area contributed by atoms with Gasteiger partial charge in [-0.2, -0.15) is 0 Å². The minimum Gasteiger partial charge on any atom is -0.339 e. The number of aryl methyl sites for hydroxylation is 1. The summed E-state index contributed by atoms with van der Waals surface area (Å²) in [5, 5.41) is 3.43. The average Bonchev–Trinajstić information content (AvgIpc) is 2.82. The first-order valence-corrected chi connectivity index (χ1v) is 7.89.